The van der Waals surface area contributed by atoms with Gasteiger partial charge < -0.3 is 14.5 Å². The molecule has 3 heterocycles. The molecule has 1 fully saturated rings. The first-order valence-corrected chi connectivity index (χ1v) is 8.52. The summed E-state index contributed by atoms with van der Waals surface area (Å²) in [6.45, 7) is 6.27. The average molecular weight is 345 g/mol. The Kier molecular flexibility index (Phi) is 5.60. The SMILES string of the molecule is CCc1nnc(CN2CCC(Oc3ccnc(CNC(C)=O)c3)C2)o1. The Balaban J connectivity index is 1.50. The summed E-state index contributed by atoms with van der Waals surface area (Å²) in [4.78, 5) is 17.5. The van der Waals surface area contributed by atoms with Gasteiger partial charge in [0.25, 0.3) is 0 Å². The maximum Gasteiger partial charge on any atom is 0.230 e. The van der Waals surface area contributed by atoms with E-state index in [1.54, 1.807) is 6.20 Å². The third-order valence-electron chi connectivity index (χ3n) is 4.01. The fourth-order valence-corrected chi connectivity index (χ4v) is 2.76. The minimum atomic E-state index is -0.0770. The molecule has 3 rings (SSSR count). The molecule has 8 nitrogen and oxygen atoms in total. The molecule has 2 aromatic heterocycles. The molecule has 0 radical (unpaired) electrons. The first kappa shape index (κ1) is 17.3. The van der Waals surface area contributed by atoms with Gasteiger partial charge in [0.1, 0.15) is 11.9 Å². The van der Waals surface area contributed by atoms with Crippen LogP contribution < -0.4 is 10.1 Å². The molecule has 1 atom stereocenters. The van der Waals surface area contributed by atoms with Crippen LogP contribution >= 0.6 is 0 Å². The fourth-order valence-electron chi connectivity index (χ4n) is 2.76. The van der Waals surface area contributed by atoms with E-state index in [4.69, 9.17) is 9.15 Å². The second-order valence-corrected chi connectivity index (χ2v) is 6.10. The second-order valence-electron chi connectivity index (χ2n) is 6.10. The summed E-state index contributed by atoms with van der Waals surface area (Å²) >= 11 is 0. The Labute approximate surface area is 146 Å². The van der Waals surface area contributed by atoms with Gasteiger partial charge in [-0.15, -0.1) is 10.2 Å². The van der Waals surface area contributed by atoms with Gasteiger partial charge in [-0.2, -0.15) is 0 Å². The van der Waals surface area contributed by atoms with Crippen LogP contribution in [0.15, 0.2) is 22.7 Å². The van der Waals surface area contributed by atoms with E-state index in [2.05, 4.69) is 25.4 Å². The van der Waals surface area contributed by atoms with Crippen molar-refractivity contribution < 1.29 is 13.9 Å². The summed E-state index contributed by atoms with van der Waals surface area (Å²) in [5.74, 6) is 2.02. The summed E-state index contributed by atoms with van der Waals surface area (Å²) in [7, 11) is 0. The number of hydrogen-bond acceptors (Lipinski definition) is 7. The van der Waals surface area contributed by atoms with Gasteiger partial charge in [-0.1, -0.05) is 6.92 Å². The molecule has 0 spiro atoms. The van der Waals surface area contributed by atoms with E-state index in [0.717, 1.165) is 37.4 Å². The molecular formula is C17H23N5O3. The van der Waals surface area contributed by atoms with Gasteiger partial charge in [-0.05, 0) is 12.5 Å². The molecule has 1 N–H and O–H groups in total. The number of nitrogens with zero attached hydrogens (tertiary/aromatic N) is 4. The lowest BCUT2D eigenvalue weighted by molar-refractivity contribution is -0.119. The van der Waals surface area contributed by atoms with Crippen molar-refractivity contribution >= 4 is 5.91 Å². The number of likely N-dealkylation sites (tertiary alicyclic amines) is 1. The van der Waals surface area contributed by atoms with Gasteiger partial charge in [0.2, 0.25) is 17.7 Å². The summed E-state index contributed by atoms with van der Waals surface area (Å²) in [6, 6.07) is 3.70. The van der Waals surface area contributed by atoms with Crippen LogP contribution in [0.3, 0.4) is 0 Å². The van der Waals surface area contributed by atoms with E-state index in [9.17, 15) is 4.79 Å². The molecule has 0 saturated carbocycles. The number of nitrogens with one attached hydrogen (secondary N) is 1. The normalized spacial score (nSPS) is 17.6. The van der Waals surface area contributed by atoms with Gasteiger partial charge >= 0.3 is 0 Å². The Morgan fingerprint density at radius 2 is 2.28 bits per heavy atom. The zero-order valence-corrected chi connectivity index (χ0v) is 14.6. The van der Waals surface area contributed by atoms with Crippen LogP contribution in [-0.4, -0.2) is 45.2 Å². The number of aromatic nitrogens is 3. The van der Waals surface area contributed by atoms with E-state index in [1.807, 2.05) is 19.1 Å². The van der Waals surface area contributed by atoms with Crippen LogP contribution in [-0.2, 0) is 24.3 Å². The first-order valence-electron chi connectivity index (χ1n) is 8.52. The Morgan fingerprint density at radius 3 is 3.04 bits per heavy atom. The van der Waals surface area contributed by atoms with Gasteiger partial charge in [-0.3, -0.25) is 14.7 Å². The predicted octanol–water partition coefficient (Wildman–Crippen LogP) is 1.32. The van der Waals surface area contributed by atoms with Crippen molar-refractivity contribution in [3.63, 3.8) is 0 Å². The van der Waals surface area contributed by atoms with Crippen LogP contribution in [0, 0.1) is 0 Å². The number of rotatable bonds is 7. The molecule has 1 unspecified atom stereocenters. The van der Waals surface area contributed by atoms with Crippen LogP contribution in [0.2, 0.25) is 0 Å². The number of pyridine rings is 1. The summed E-state index contributed by atoms with van der Waals surface area (Å²) in [5.41, 5.74) is 0.778. The van der Waals surface area contributed by atoms with Gasteiger partial charge in [-0.25, -0.2) is 0 Å². The number of carbonyl (C=O) groups is 1. The van der Waals surface area contributed by atoms with Crippen LogP contribution in [0.5, 0.6) is 5.75 Å². The zero-order valence-electron chi connectivity index (χ0n) is 14.6. The summed E-state index contributed by atoms with van der Waals surface area (Å²) < 4.78 is 11.6. The van der Waals surface area contributed by atoms with E-state index in [1.165, 1.54) is 6.92 Å². The minimum absolute atomic E-state index is 0.0770. The van der Waals surface area contributed by atoms with E-state index in [0.29, 0.717) is 24.9 Å². The number of ether oxygens (including phenoxy) is 1. The standard InChI is InChI=1S/C17H23N5O3/c1-3-16-20-21-17(25-16)11-22-7-5-15(10-22)24-14-4-6-18-13(8-14)9-19-12(2)23/h4,6,8,15H,3,5,7,9-11H2,1-2H3,(H,19,23). The second kappa shape index (κ2) is 8.06. The minimum Gasteiger partial charge on any atom is -0.489 e. The summed E-state index contributed by atoms with van der Waals surface area (Å²) in [5, 5.41) is 10.8. The Bertz CT molecular complexity index is 718. The molecule has 0 bridgehead atoms. The van der Waals surface area contributed by atoms with Crippen LogP contribution in [0.1, 0.15) is 37.7 Å². The highest BCUT2D eigenvalue weighted by Crippen LogP contribution is 2.20. The van der Waals surface area contributed by atoms with E-state index < -0.39 is 0 Å². The highest BCUT2D eigenvalue weighted by Gasteiger charge is 2.25. The Morgan fingerprint density at radius 1 is 1.44 bits per heavy atom. The molecule has 2 aromatic rings. The highest BCUT2D eigenvalue weighted by molar-refractivity contribution is 5.72. The molecule has 134 valence electrons. The molecule has 1 saturated heterocycles. The van der Waals surface area contributed by atoms with Crippen LogP contribution in [0.4, 0.5) is 0 Å². The Hall–Kier alpha value is -2.48. The monoisotopic (exact) mass is 345 g/mol. The number of aryl methyl sites for hydroxylation is 1. The smallest absolute Gasteiger partial charge is 0.230 e. The predicted molar refractivity (Wildman–Crippen MR) is 89.7 cm³/mol. The molecule has 8 heteroatoms. The number of carbonyl (C=O) groups excluding carboxylic acids is 1. The van der Waals surface area contributed by atoms with E-state index >= 15 is 0 Å². The van der Waals surface area contributed by atoms with Gasteiger partial charge in [0, 0.05) is 38.7 Å². The number of amides is 1. The fraction of sp³-hybridized carbons (Fsp3) is 0.529. The lowest BCUT2D eigenvalue weighted by Gasteiger charge is -2.15. The highest BCUT2D eigenvalue weighted by atomic mass is 16.5. The lowest BCUT2D eigenvalue weighted by Crippen LogP contribution is -2.25. The van der Waals surface area contributed by atoms with E-state index in [-0.39, 0.29) is 12.0 Å². The molecule has 0 aromatic carbocycles. The molecule has 0 aliphatic carbocycles. The maximum atomic E-state index is 11.0. The molecule has 1 amide bonds. The van der Waals surface area contributed by atoms with Crippen molar-refractivity contribution in [2.45, 2.75) is 45.9 Å². The average Bonchev–Trinajstić information content (AvgIpc) is 3.23. The van der Waals surface area contributed by atoms with Crippen molar-refractivity contribution in [3.8, 4) is 5.75 Å². The zero-order chi connectivity index (χ0) is 17.6. The van der Waals surface area contributed by atoms with Crippen molar-refractivity contribution in [1.29, 1.82) is 0 Å². The molecule has 1 aliphatic heterocycles. The molecule has 25 heavy (non-hydrogen) atoms. The topological polar surface area (TPSA) is 93.4 Å². The lowest BCUT2D eigenvalue weighted by atomic mass is 10.3. The maximum absolute atomic E-state index is 11.0. The van der Waals surface area contributed by atoms with Crippen molar-refractivity contribution in [2.75, 3.05) is 13.1 Å². The summed E-state index contributed by atoms with van der Waals surface area (Å²) in [6.07, 6.45) is 3.51. The van der Waals surface area contributed by atoms with Crippen molar-refractivity contribution in [3.05, 3.63) is 35.8 Å². The quantitative estimate of drug-likeness (QED) is 0.809. The largest absolute Gasteiger partial charge is 0.489 e. The third-order valence-corrected chi connectivity index (χ3v) is 4.01. The first-order chi connectivity index (χ1) is 12.1. The van der Waals surface area contributed by atoms with Gasteiger partial charge in [0.05, 0.1) is 18.8 Å². The van der Waals surface area contributed by atoms with Crippen molar-refractivity contribution in [1.82, 2.24) is 25.4 Å². The number of hydrogen-bond donors (Lipinski definition) is 1. The third kappa shape index (κ3) is 4.99. The van der Waals surface area contributed by atoms with Crippen LogP contribution in [0.25, 0.3) is 0 Å². The van der Waals surface area contributed by atoms with Crippen molar-refractivity contribution in [2.24, 2.45) is 0 Å². The molecular weight excluding hydrogens is 322 g/mol. The van der Waals surface area contributed by atoms with Gasteiger partial charge in [0.15, 0.2) is 0 Å². The molecule has 1 aliphatic rings.